The minimum Gasteiger partial charge on any atom is -0.457 e. The Balaban J connectivity index is 1.55. The van der Waals surface area contributed by atoms with E-state index < -0.39 is 5.41 Å². The molecule has 6 heteroatoms. The first-order valence-corrected chi connectivity index (χ1v) is 18.8. The number of imidazole rings is 1. The number of pyridine rings is 2. The van der Waals surface area contributed by atoms with Gasteiger partial charge in [0.15, 0.2) is 0 Å². The maximum absolute atomic E-state index is 6.95. The van der Waals surface area contributed by atoms with Crippen LogP contribution in [0.2, 0.25) is 0 Å². The first kappa shape index (κ1) is 37.1. The fourth-order valence-corrected chi connectivity index (χ4v) is 7.30. The van der Waals surface area contributed by atoms with Crippen LogP contribution in [0.15, 0.2) is 79.0 Å². The third-order valence-corrected chi connectivity index (χ3v) is 10.4. The van der Waals surface area contributed by atoms with Crippen LogP contribution in [-0.4, -0.2) is 24.1 Å². The van der Waals surface area contributed by atoms with Crippen LogP contribution in [0.4, 0.5) is 0 Å². The molecule has 0 spiro atoms. The van der Waals surface area contributed by atoms with Gasteiger partial charge in [0, 0.05) is 52.5 Å². The van der Waals surface area contributed by atoms with Crippen LogP contribution >= 0.6 is 0 Å². The monoisotopic (exact) mass is 695 g/mol. The predicted molar refractivity (Wildman–Crippen MR) is 216 cm³/mol. The van der Waals surface area contributed by atoms with Crippen molar-refractivity contribution in [2.75, 3.05) is 0 Å². The highest BCUT2D eigenvalue weighted by Gasteiger charge is 2.33. The lowest BCUT2D eigenvalue weighted by Gasteiger charge is -2.29. The Labute approximate surface area is 311 Å². The van der Waals surface area contributed by atoms with E-state index in [2.05, 4.69) is 179 Å². The molecule has 0 aliphatic rings. The Morgan fingerprint density at radius 2 is 1.35 bits per heavy atom. The topological polar surface area (TPSA) is 57.2 Å². The third-order valence-electron chi connectivity index (χ3n) is 10.4. The summed E-state index contributed by atoms with van der Waals surface area (Å²) in [5.41, 5.74) is 12.6. The number of ether oxygens (including phenoxy) is 1. The van der Waals surface area contributed by atoms with Crippen molar-refractivity contribution in [2.45, 2.75) is 125 Å². The van der Waals surface area contributed by atoms with E-state index in [0.717, 1.165) is 56.9 Å². The van der Waals surface area contributed by atoms with Crippen LogP contribution in [0.3, 0.4) is 0 Å². The van der Waals surface area contributed by atoms with E-state index in [0.29, 0.717) is 0 Å². The minimum atomic E-state index is -0.465. The molecule has 0 atom stereocenters. The second-order valence-electron chi connectivity index (χ2n) is 17.7. The zero-order chi connectivity index (χ0) is 37.9. The molecule has 0 saturated heterocycles. The van der Waals surface area contributed by atoms with Gasteiger partial charge in [0.05, 0.1) is 22.8 Å². The molecule has 0 bridgehead atoms. The van der Waals surface area contributed by atoms with Crippen molar-refractivity contribution in [3.05, 3.63) is 124 Å². The van der Waals surface area contributed by atoms with E-state index in [-0.39, 0.29) is 22.7 Å². The summed E-state index contributed by atoms with van der Waals surface area (Å²) in [6, 6.07) is 25.7. The molecule has 2 aromatic carbocycles. The molecule has 272 valence electrons. The molecule has 4 heterocycles. The highest BCUT2D eigenvalue weighted by atomic mass is 16.5. The van der Waals surface area contributed by atoms with Crippen molar-refractivity contribution in [2.24, 2.45) is 0 Å². The van der Waals surface area contributed by atoms with Crippen LogP contribution in [0, 0.1) is 13.8 Å². The molecular weight excluding hydrogens is 639 g/mol. The largest absolute Gasteiger partial charge is 0.457 e. The van der Waals surface area contributed by atoms with Crippen LogP contribution in [0.5, 0.6) is 11.5 Å². The van der Waals surface area contributed by atoms with Crippen molar-refractivity contribution >= 4 is 5.65 Å². The molecule has 6 nitrogen and oxygen atoms in total. The van der Waals surface area contributed by atoms with E-state index in [1.54, 1.807) is 0 Å². The number of aryl methyl sites for hydroxylation is 1. The molecular formula is C46H57N5O. The smallest absolute Gasteiger partial charge is 0.141 e. The first-order valence-electron chi connectivity index (χ1n) is 18.8. The maximum atomic E-state index is 6.95. The Bertz CT molecular complexity index is 2240. The Morgan fingerprint density at radius 1 is 0.692 bits per heavy atom. The fourth-order valence-electron chi connectivity index (χ4n) is 7.30. The van der Waals surface area contributed by atoms with Gasteiger partial charge in [-0.3, -0.25) is 9.38 Å². The second kappa shape index (κ2) is 13.4. The van der Waals surface area contributed by atoms with Gasteiger partial charge < -0.3 is 4.74 Å². The van der Waals surface area contributed by atoms with Crippen LogP contribution in [0.1, 0.15) is 140 Å². The average molecular weight is 696 g/mol. The van der Waals surface area contributed by atoms with E-state index in [1.807, 2.05) is 6.20 Å². The van der Waals surface area contributed by atoms with E-state index in [4.69, 9.17) is 19.8 Å². The number of fused-ring (bicyclic) bond motifs is 1. The molecule has 0 unspecified atom stereocenters. The lowest BCUT2D eigenvalue weighted by Crippen LogP contribution is -2.26. The Kier molecular flexibility index (Phi) is 9.52. The lowest BCUT2D eigenvalue weighted by molar-refractivity contribution is 0.472. The fraction of sp³-hybridized carbons (Fsp3) is 0.413. The normalized spacial score (nSPS) is 12.8. The molecule has 0 N–H and O–H groups in total. The molecule has 4 aromatic heterocycles. The van der Waals surface area contributed by atoms with Gasteiger partial charge in [-0.25, -0.2) is 9.67 Å². The molecule has 0 aliphatic carbocycles. The Hall–Kier alpha value is -4.71. The highest BCUT2D eigenvalue weighted by Crippen LogP contribution is 2.40. The molecule has 0 saturated carbocycles. The standard InChI is InChI=1S/C46H57N5O/c1-28(2)42-43(29(3)4)50-39(46(13,14)38-24-33(20-21-47-38)44(7,8)9)26-37(27-40(50)48-42)52-36-23-34(45(10,11)12)22-35(25-36)51-31(6)41(30(5)49-51)32-18-16-15-17-19-32/h15-29H,1-14H3. The predicted octanol–water partition coefficient (Wildman–Crippen LogP) is 12.2. The van der Waals surface area contributed by atoms with Crippen molar-refractivity contribution < 1.29 is 4.74 Å². The first-order chi connectivity index (χ1) is 24.3. The van der Waals surface area contributed by atoms with Gasteiger partial charge in [-0.2, -0.15) is 5.10 Å². The maximum Gasteiger partial charge on any atom is 0.141 e. The molecule has 0 aliphatic heterocycles. The van der Waals surface area contributed by atoms with Crippen LogP contribution < -0.4 is 4.74 Å². The summed E-state index contributed by atoms with van der Waals surface area (Å²) in [5, 5.41) is 5.06. The quantitative estimate of drug-likeness (QED) is 0.159. The van der Waals surface area contributed by atoms with Crippen molar-refractivity contribution in [1.29, 1.82) is 0 Å². The summed E-state index contributed by atoms with van der Waals surface area (Å²) in [6.45, 7) is 31.2. The minimum absolute atomic E-state index is 0.0000689. The van der Waals surface area contributed by atoms with Gasteiger partial charge in [-0.15, -0.1) is 0 Å². The summed E-state index contributed by atoms with van der Waals surface area (Å²) >= 11 is 0. The average Bonchev–Trinajstić information content (AvgIpc) is 3.61. The summed E-state index contributed by atoms with van der Waals surface area (Å²) in [5.74, 6) is 2.05. The summed E-state index contributed by atoms with van der Waals surface area (Å²) < 4.78 is 11.4. The van der Waals surface area contributed by atoms with E-state index >= 15 is 0 Å². The zero-order valence-corrected chi connectivity index (χ0v) is 33.8. The van der Waals surface area contributed by atoms with Crippen molar-refractivity contribution in [3.63, 3.8) is 0 Å². The highest BCUT2D eigenvalue weighted by molar-refractivity contribution is 5.69. The summed E-state index contributed by atoms with van der Waals surface area (Å²) in [7, 11) is 0. The van der Waals surface area contributed by atoms with Gasteiger partial charge in [-0.1, -0.05) is 99.6 Å². The summed E-state index contributed by atoms with van der Waals surface area (Å²) in [6.07, 6.45) is 1.95. The van der Waals surface area contributed by atoms with Crippen molar-refractivity contribution in [1.82, 2.24) is 24.1 Å². The Morgan fingerprint density at radius 3 is 1.96 bits per heavy atom. The van der Waals surface area contributed by atoms with Gasteiger partial charge in [-0.05, 0) is 91.3 Å². The number of hydrogen-bond acceptors (Lipinski definition) is 4. The SMILES string of the molecule is Cc1nn(-c2cc(Oc3cc(C(C)(C)c4cc(C(C)(C)C)ccn4)n4c(C(C)C)c(C(C)C)nc4c3)cc(C(C)(C)C)c2)c(C)c1-c1ccccc1. The van der Waals surface area contributed by atoms with Crippen LogP contribution in [-0.2, 0) is 16.2 Å². The zero-order valence-electron chi connectivity index (χ0n) is 33.8. The molecule has 52 heavy (non-hydrogen) atoms. The van der Waals surface area contributed by atoms with Gasteiger partial charge in [0.2, 0.25) is 0 Å². The van der Waals surface area contributed by atoms with Crippen molar-refractivity contribution in [3.8, 4) is 28.3 Å². The number of nitrogens with zero attached hydrogens (tertiary/aromatic N) is 5. The lowest BCUT2D eigenvalue weighted by atomic mass is 9.80. The second-order valence-corrected chi connectivity index (χ2v) is 17.7. The third kappa shape index (κ3) is 6.92. The number of rotatable bonds is 8. The van der Waals surface area contributed by atoms with Gasteiger partial charge in [0.1, 0.15) is 17.1 Å². The molecule has 6 aromatic rings. The summed E-state index contributed by atoms with van der Waals surface area (Å²) in [4.78, 5) is 10.3. The number of benzene rings is 2. The van der Waals surface area contributed by atoms with Crippen LogP contribution in [0.25, 0.3) is 22.5 Å². The molecule has 0 fully saturated rings. The number of hydrogen-bond donors (Lipinski definition) is 0. The van der Waals surface area contributed by atoms with Gasteiger partial charge in [0.25, 0.3) is 0 Å². The molecule has 0 amide bonds. The molecule has 0 radical (unpaired) electrons. The number of aromatic nitrogens is 5. The van der Waals surface area contributed by atoms with E-state index in [1.165, 1.54) is 22.4 Å². The molecule has 6 rings (SSSR count). The van der Waals surface area contributed by atoms with E-state index in [9.17, 15) is 0 Å². The van der Waals surface area contributed by atoms with Gasteiger partial charge >= 0.3 is 0 Å².